The minimum atomic E-state index is 0. The van der Waals surface area contributed by atoms with Crippen molar-refractivity contribution < 1.29 is 9.53 Å². The number of benzene rings is 1. The van der Waals surface area contributed by atoms with Crippen LogP contribution in [0, 0.1) is 12.8 Å². The Morgan fingerprint density at radius 2 is 2.04 bits per heavy atom. The summed E-state index contributed by atoms with van der Waals surface area (Å²) in [7, 11) is 0. The van der Waals surface area contributed by atoms with E-state index in [-0.39, 0.29) is 24.4 Å². The van der Waals surface area contributed by atoms with E-state index in [9.17, 15) is 4.79 Å². The second-order valence-corrected chi connectivity index (χ2v) is 6.25. The highest BCUT2D eigenvalue weighted by molar-refractivity contribution is 5.85. The number of nitrogens with two attached hydrogens (primary N) is 1. The SMILES string of the molecule is Cc1cccc(OCCCCC(=O)NC(CN)CC(C)C)c1.Cl. The molecular weight excluding hydrogens is 312 g/mol. The lowest BCUT2D eigenvalue weighted by molar-refractivity contribution is -0.121. The van der Waals surface area contributed by atoms with Crippen molar-refractivity contribution in [3.05, 3.63) is 29.8 Å². The number of carbonyl (C=O) groups excluding carboxylic acids is 1. The largest absolute Gasteiger partial charge is 0.494 e. The monoisotopic (exact) mass is 342 g/mol. The van der Waals surface area contributed by atoms with Gasteiger partial charge in [0.05, 0.1) is 6.61 Å². The molecule has 0 fully saturated rings. The molecule has 3 N–H and O–H groups in total. The number of unbranched alkanes of at least 4 members (excludes halogenated alkanes) is 1. The van der Waals surface area contributed by atoms with Gasteiger partial charge in [-0.3, -0.25) is 4.79 Å². The van der Waals surface area contributed by atoms with Crippen LogP contribution in [0.4, 0.5) is 0 Å². The fourth-order valence-electron chi connectivity index (χ4n) is 2.37. The maximum Gasteiger partial charge on any atom is 0.220 e. The van der Waals surface area contributed by atoms with E-state index in [1.807, 2.05) is 31.2 Å². The lowest BCUT2D eigenvalue weighted by Crippen LogP contribution is -2.40. The smallest absolute Gasteiger partial charge is 0.220 e. The Labute approximate surface area is 146 Å². The molecule has 0 aliphatic carbocycles. The number of nitrogens with one attached hydrogen (secondary N) is 1. The maximum atomic E-state index is 11.9. The predicted octanol–water partition coefficient (Wildman–Crippen LogP) is 3.46. The van der Waals surface area contributed by atoms with E-state index in [0.717, 1.165) is 25.0 Å². The Hall–Kier alpha value is -1.26. The molecule has 0 saturated carbocycles. The quantitative estimate of drug-likeness (QED) is 0.640. The summed E-state index contributed by atoms with van der Waals surface area (Å²) in [4.78, 5) is 11.9. The number of ether oxygens (including phenoxy) is 1. The van der Waals surface area contributed by atoms with Crippen molar-refractivity contribution in [3.8, 4) is 5.75 Å². The van der Waals surface area contributed by atoms with Crippen LogP contribution in [0.5, 0.6) is 5.75 Å². The number of aryl methyl sites for hydroxylation is 1. The Morgan fingerprint density at radius 3 is 2.65 bits per heavy atom. The topological polar surface area (TPSA) is 64.3 Å². The summed E-state index contributed by atoms with van der Waals surface area (Å²) in [6.45, 7) is 7.46. The van der Waals surface area contributed by atoms with Crippen LogP contribution in [0.25, 0.3) is 0 Å². The number of hydrogen-bond acceptors (Lipinski definition) is 3. The third-order valence-electron chi connectivity index (χ3n) is 3.46. The van der Waals surface area contributed by atoms with Crippen molar-refractivity contribution in [1.29, 1.82) is 0 Å². The Kier molecular flexibility index (Phi) is 11.5. The molecule has 1 aromatic rings. The zero-order chi connectivity index (χ0) is 16.4. The van der Waals surface area contributed by atoms with Gasteiger partial charge in [0, 0.05) is 19.0 Å². The highest BCUT2D eigenvalue weighted by Gasteiger charge is 2.11. The molecule has 0 aliphatic heterocycles. The van der Waals surface area contributed by atoms with Crippen LogP contribution in [0.15, 0.2) is 24.3 Å². The van der Waals surface area contributed by atoms with E-state index in [2.05, 4.69) is 19.2 Å². The van der Waals surface area contributed by atoms with Crippen LogP contribution in [0.3, 0.4) is 0 Å². The van der Waals surface area contributed by atoms with Crippen LogP contribution in [0.2, 0.25) is 0 Å². The van der Waals surface area contributed by atoms with Crippen molar-refractivity contribution in [3.63, 3.8) is 0 Å². The third-order valence-corrected chi connectivity index (χ3v) is 3.46. The van der Waals surface area contributed by atoms with Crippen molar-refractivity contribution in [2.45, 2.75) is 52.5 Å². The summed E-state index contributed by atoms with van der Waals surface area (Å²) < 4.78 is 5.67. The third kappa shape index (κ3) is 10.2. The fourth-order valence-corrected chi connectivity index (χ4v) is 2.37. The molecule has 1 unspecified atom stereocenters. The van der Waals surface area contributed by atoms with E-state index in [0.29, 0.717) is 25.5 Å². The molecule has 0 bridgehead atoms. The zero-order valence-corrected chi connectivity index (χ0v) is 15.3. The van der Waals surface area contributed by atoms with Gasteiger partial charge >= 0.3 is 0 Å². The lowest BCUT2D eigenvalue weighted by Gasteiger charge is -2.18. The number of hydrogen-bond donors (Lipinski definition) is 2. The molecule has 1 aromatic carbocycles. The van der Waals surface area contributed by atoms with Crippen LogP contribution < -0.4 is 15.8 Å². The van der Waals surface area contributed by atoms with Crippen molar-refractivity contribution >= 4 is 18.3 Å². The van der Waals surface area contributed by atoms with Gasteiger partial charge < -0.3 is 15.8 Å². The van der Waals surface area contributed by atoms with Gasteiger partial charge in [-0.25, -0.2) is 0 Å². The standard InChI is InChI=1S/C18H30N2O2.ClH/c1-14(2)11-16(13-19)20-18(21)9-4-5-10-22-17-8-6-7-15(3)12-17;/h6-8,12,14,16H,4-5,9-11,13,19H2,1-3H3,(H,20,21);1H. The molecule has 0 spiro atoms. The molecule has 0 aliphatic rings. The first-order valence-electron chi connectivity index (χ1n) is 8.20. The molecular formula is C18H31ClN2O2. The summed E-state index contributed by atoms with van der Waals surface area (Å²) in [6.07, 6.45) is 3.17. The average molecular weight is 343 g/mol. The highest BCUT2D eigenvalue weighted by Crippen LogP contribution is 2.13. The number of amides is 1. The summed E-state index contributed by atoms with van der Waals surface area (Å²) in [5.74, 6) is 1.52. The first-order valence-corrected chi connectivity index (χ1v) is 8.20. The van der Waals surface area contributed by atoms with Crippen LogP contribution in [0.1, 0.15) is 45.1 Å². The normalized spacial score (nSPS) is 11.7. The van der Waals surface area contributed by atoms with E-state index in [4.69, 9.17) is 10.5 Å². The summed E-state index contributed by atoms with van der Waals surface area (Å²) >= 11 is 0. The van der Waals surface area contributed by atoms with Crippen LogP contribution in [-0.4, -0.2) is 25.1 Å². The van der Waals surface area contributed by atoms with Crippen LogP contribution >= 0.6 is 12.4 Å². The Morgan fingerprint density at radius 1 is 1.30 bits per heavy atom. The van der Waals surface area contributed by atoms with Gasteiger partial charge in [0.15, 0.2) is 0 Å². The van der Waals surface area contributed by atoms with E-state index in [1.165, 1.54) is 5.56 Å². The molecule has 1 atom stereocenters. The molecule has 5 heteroatoms. The molecule has 1 rings (SSSR count). The van der Waals surface area contributed by atoms with Gasteiger partial charge in [-0.15, -0.1) is 12.4 Å². The molecule has 1 amide bonds. The molecule has 132 valence electrons. The summed E-state index contributed by atoms with van der Waals surface area (Å²) in [5.41, 5.74) is 6.88. The molecule has 0 radical (unpaired) electrons. The molecule has 0 heterocycles. The number of rotatable bonds is 10. The van der Waals surface area contributed by atoms with Gasteiger partial charge in [0.2, 0.25) is 5.91 Å². The van der Waals surface area contributed by atoms with E-state index >= 15 is 0 Å². The van der Waals surface area contributed by atoms with Crippen molar-refractivity contribution in [1.82, 2.24) is 5.32 Å². The molecule has 4 nitrogen and oxygen atoms in total. The summed E-state index contributed by atoms with van der Waals surface area (Å²) in [5, 5.41) is 3.01. The lowest BCUT2D eigenvalue weighted by atomic mass is 10.0. The van der Waals surface area contributed by atoms with Gasteiger partial charge in [-0.05, 0) is 49.8 Å². The predicted molar refractivity (Wildman–Crippen MR) is 98.2 cm³/mol. The maximum absolute atomic E-state index is 11.9. The number of halogens is 1. The van der Waals surface area contributed by atoms with Crippen LogP contribution in [-0.2, 0) is 4.79 Å². The van der Waals surface area contributed by atoms with Crippen molar-refractivity contribution in [2.24, 2.45) is 11.7 Å². The average Bonchev–Trinajstić information content (AvgIpc) is 2.45. The minimum absolute atomic E-state index is 0. The molecule has 23 heavy (non-hydrogen) atoms. The van der Waals surface area contributed by atoms with Gasteiger partial charge in [0.1, 0.15) is 5.75 Å². The summed E-state index contributed by atoms with van der Waals surface area (Å²) in [6, 6.07) is 8.10. The zero-order valence-electron chi connectivity index (χ0n) is 14.5. The second-order valence-electron chi connectivity index (χ2n) is 6.25. The number of carbonyl (C=O) groups is 1. The first kappa shape index (κ1) is 21.7. The minimum Gasteiger partial charge on any atom is -0.494 e. The Balaban J connectivity index is 0.00000484. The van der Waals surface area contributed by atoms with E-state index < -0.39 is 0 Å². The molecule has 0 aromatic heterocycles. The second kappa shape index (κ2) is 12.2. The first-order chi connectivity index (χ1) is 10.5. The highest BCUT2D eigenvalue weighted by atomic mass is 35.5. The van der Waals surface area contributed by atoms with Gasteiger partial charge in [0.25, 0.3) is 0 Å². The Bertz CT molecular complexity index is 452. The molecule has 0 saturated heterocycles. The fraction of sp³-hybridized carbons (Fsp3) is 0.611. The van der Waals surface area contributed by atoms with E-state index in [1.54, 1.807) is 0 Å². The van der Waals surface area contributed by atoms with Crippen molar-refractivity contribution in [2.75, 3.05) is 13.2 Å². The van der Waals surface area contributed by atoms with Gasteiger partial charge in [-0.1, -0.05) is 26.0 Å². The van der Waals surface area contributed by atoms with Gasteiger partial charge in [-0.2, -0.15) is 0 Å².